The van der Waals surface area contributed by atoms with Gasteiger partial charge in [-0.25, -0.2) is 0 Å². The molecule has 2 aromatic carbocycles. The highest BCUT2D eigenvalue weighted by molar-refractivity contribution is 5.95. The zero-order chi connectivity index (χ0) is 15.4. The number of rotatable bonds is 4. The molecule has 0 fully saturated rings. The smallest absolute Gasteiger partial charge is 0.274 e. The summed E-state index contributed by atoms with van der Waals surface area (Å²) in [4.78, 5) is 22.5. The number of aryl methyl sites for hydroxylation is 1. The second-order valence-electron chi connectivity index (χ2n) is 4.64. The largest absolute Gasteiger partial charge is 0.324 e. The first-order valence-electron chi connectivity index (χ1n) is 6.35. The summed E-state index contributed by atoms with van der Waals surface area (Å²) >= 11 is 0. The molecule has 1 amide bonds. The van der Waals surface area contributed by atoms with E-state index in [1.54, 1.807) is 43.3 Å². The number of hydrogen-bond acceptors (Lipinski definition) is 4. The zero-order valence-corrected chi connectivity index (χ0v) is 11.4. The van der Waals surface area contributed by atoms with E-state index in [4.69, 9.17) is 5.73 Å². The van der Waals surface area contributed by atoms with Crippen molar-refractivity contribution in [3.8, 4) is 0 Å². The molecular weight excluding hydrogens is 270 g/mol. The third-order valence-corrected chi connectivity index (χ3v) is 3.11. The van der Waals surface area contributed by atoms with Gasteiger partial charge in [0.05, 0.1) is 4.92 Å². The number of amides is 1. The van der Waals surface area contributed by atoms with Gasteiger partial charge in [0.1, 0.15) is 6.04 Å². The van der Waals surface area contributed by atoms with Crippen molar-refractivity contribution in [1.29, 1.82) is 0 Å². The van der Waals surface area contributed by atoms with E-state index in [-0.39, 0.29) is 5.69 Å². The van der Waals surface area contributed by atoms with Crippen LogP contribution in [0.3, 0.4) is 0 Å². The molecule has 0 radical (unpaired) electrons. The Bertz CT molecular complexity index is 671. The van der Waals surface area contributed by atoms with E-state index in [2.05, 4.69) is 5.32 Å². The summed E-state index contributed by atoms with van der Waals surface area (Å²) in [5.41, 5.74) is 7.39. The lowest BCUT2D eigenvalue weighted by Crippen LogP contribution is -2.27. The summed E-state index contributed by atoms with van der Waals surface area (Å²) in [5, 5.41) is 13.5. The van der Waals surface area contributed by atoms with Crippen molar-refractivity contribution in [3.63, 3.8) is 0 Å². The van der Waals surface area contributed by atoms with Crippen molar-refractivity contribution < 1.29 is 9.72 Å². The van der Waals surface area contributed by atoms with Crippen molar-refractivity contribution >= 4 is 17.3 Å². The van der Waals surface area contributed by atoms with Crippen LogP contribution >= 0.6 is 0 Å². The Hall–Kier alpha value is -2.73. The fourth-order valence-electron chi connectivity index (χ4n) is 1.92. The molecule has 3 N–H and O–H groups in total. The van der Waals surface area contributed by atoms with Gasteiger partial charge >= 0.3 is 0 Å². The first-order chi connectivity index (χ1) is 9.99. The Morgan fingerprint density at radius 3 is 2.52 bits per heavy atom. The second kappa shape index (κ2) is 6.15. The number of anilines is 1. The van der Waals surface area contributed by atoms with Gasteiger partial charge in [0.25, 0.3) is 5.69 Å². The Labute approximate surface area is 121 Å². The maximum Gasteiger partial charge on any atom is 0.274 e. The normalized spacial score (nSPS) is 11.7. The summed E-state index contributed by atoms with van der Waals surface area (Å²) < 4.78 is 0. The van der Waals surface area contributed by atoms with Crippen LogP contribution in [0.2, 0.25) is 0 Å². The molecule has 108 valence electrons. The zero-order valence-electron chi connectivity index (χ0n) is 11.4. The average molecular weight is 285 g/mol. The van der Waals surface area contributed by atoms with Crippen molar-refractivity contribution in [2.24, 2.45) is 5.73 Å². The van der Waals surface area contributed by atoms with Crippen LogP contribution in [0.5, 0.6) is 0 Å². The number of nitro groups is 1. The van der Waals surface area contributed by atoms with Crippen LogP contribution < -0.4 is 11.1 Å². The molecule has 6 nitrogen and oxygen atoms in total. The molecule has 0 unspecified atom stereocenters. The molecule has 0 aromatic heterocycles. The van der Waals surface area contributed by atoms with Crippen LogP contribution in [-0.2, 0) is 4.79 Å². The summed E-state index contributed by atoms with van der Waals surface area (Å²) in [6.45, 7) is 1.64. The van der Waals surface area contributed by atoms with Gasteiger partial charge in [-0.15, -0.1) is 0 Å². The molecule has 0 bridgehead atoms. The van der Waals surface area contributed by atoms with E-state index in [1.165, 1.54) is 6.07 Å². The van der Waals surface area contributed by atoms with Crippen molar-refractivity contribution in [2.45, 2.75) is 13.0 Å². The predicted molar refractivity (Wildman–Crippen MR) is 79.8 cm³/mol. The minimum atomic E-state index is -0.827. The van der Waals surface area contributed by atoms with Crippen molar-refractivity contribution in [1.82, 2.24) is 0 Å². The highest BCUT2D eigenvalue weighted by Gasteiger charge is 2.17. The molecule has 0 saturated carbocycles. The lowest BCUT2D eigenvalue weighted by Gasteiger charge is -2.12. The molecule has 2 aromatic rings. The maximum atomic E-state index is 12.1. The molecule has 0 aliphatic rings. The number of nitrogens with zero attached hydrogens (tertiary/aromatic N) is 1. The monoisotopic (exact) mass is 285 g/mol. The number of nitro benzene ring substituents is 1. The van der Waals surface area contributed by atoms with Crippen LogP contribution in [0.1, 0.15) is 17.2 Å². The Morgan fingerprint density at radius 2 is 1.90 bits per heavy atom. The second-order valence-corrected chi connectivity index (χ2v) is 4.64. The third-order valence-electron chi connectivity index (χ3n) is 3.11. The number of nitrogens with one attached hydrogen (secondary N) is 1. The Morgan fingerprint density at radius 1 is 1.24 bits per heavy atom. The molecule has 6 heteroatoms. The molecule has 21 heavy (non-hydrogen) atoms. The average Bonchev–Trinajstić information content (AvgIpc) is 2.49. The molecule has 0 saturated heterocycles. The minimum Gasteiger partial charge on any atom is -0.324 e. The standard InChI is InChI=1S/C15H15N3O3/c1-10-7-8-12(9-13(10)18(20)21)17-15(19)14(16)11-5-3-2-4-6-11/h2-9,14H,16H2,1H3,(H,17,19)/t14-/m1/s1. The lowest BCUT2D eigenvalue weighted by atomic mass is 10.1. The number of nitrogens with two attached hydrogens (primary N) is 1. The van der Waals surface area contributed by atoms with Gasteiger partial charge in [0.2, 0.25) is 5.91 Å². The number of carbonyl (C=O) groups excluding carboxylic acids is 1. The summed E-state index contributed by atoms with van der Waals surface area (Å²) in [6.07, 6.45) is 0. The van der Waals surface area contributed by atoms with Crippen molar-refractivity contribution in [2.75, 3.05) is 5.32 Å². The van der Waals surface area contributed by atoms with Gasteiger partial charge < -0.3 is 11.1 Å². The van der Waals surface area contributed by atoms with E-state index in [9.17, 15) is 14.9 Å². The first kappa shape index (κ1) is 14.7. The molecule has 0 spiro atoms. The van der Waals surface area contributed by atoms with Crippen LogP contribution in [0.4, 0.5) is 11.4 Å². The Kier molecular flexibility index (Phi) is 4.30. The fourth-order valence-corrected chi connectivity index (χ4v) is 1.92. The maximum absolute atomic E-state index is 12.1. The SMILES string of the molecule is Cc1ccc(NC(=O)[C@H](N)c2ccccc2)cc1[N+](=O)[O-]. The number of hydrogen-bond donors (Lipinski definition) is 2. The number of benzene rings is 2. The molecular formula is C15H15N3O3. The molecule has 0 aliphatic heterocycles. The Balaban J connectivity index is 2.16. The predicted octanol–water partition coefficient (Wildman–Crippen LogP) is 2.54. The van der Waals surface area contributed by atoms with Crippen LogP contribution in [0.25, 0.3) is 0 Å². The molecule has 1 atom stereocenters. The quantitative estimate of drug-likeness (QED) is 0.666. The van der Waals surface area contributed by atoms with E-state index in [1.807, 2.05) is 6.07 Å². The summed E-state index contributed by atoms with van der Waals surface area (Å²) in [7, 11) is 0. The van der Waals surface area contributed by atoms with E-state index in [0.717, 1.165) is 0 Å². The van der Waals surface area contributed by atoms with E-state index < -0.39 is 16.9 Å². The van der Waals surface area contributed by atoms with E-state index in [0.29, 0.717) is 16.8 Å². The fraction of sp³-hybridized carbons (Fsp3) is 0.133. The van der Waals surface area contributed by atoms with Crippen LogP contribution in [0.15, 0.2) is 48.5 Å². The summed E-state index contributed by atoms with van der Waals surface area (Å²) in [6, 6.07) is 12.6. The summed E-state index contributed by atoms with van der Waals surface area (Å²) in [5.74, 6) is -0.417. The third kappa shape index (κ3) is 3.43. The van der Waals surface area contributed by atoms with Gasteiger partial charge in [0, 0.05) is 17.3 Å². The van der Waals surface area contributed by atoms with Gasteiger partial charge in [-0.2, -0.15) is 0 Å². The minimum absolute atomic E-state index is 0.0407. The lowest BCUT2D eigenvalue weighted by molar-refractivity contribution is -0.385. The number of carbonyl (C=O) groups is 1. The first-order valence-corrected chi connectivity index (χ1v) is 6.35. The van der Waals surface area contributed by atoms with Crippen LogP contribution in [-0.4, -0.2) is 10.8 Å². The highest BCUT2D eigenvalue weighted by atomic mass is 16.6. The van der Waals surface area contributed by atoms with E-state index >= 15 is 0 Å². The highest BCUT2D eigenvalue weighted by Crippen LogP contribution is 2.23. The molecule has 2 rings (SSSR count). The van der Waals surface area contributed by atoms with Gasteiger partial charge in [0.15, 0.2) is 0 Å². The molecule has 0 aliphatic carbocycles. The van der Waals surface area contributed by atoms with Gasteiger partial charge in [-0.1, -0.05) is 36.4 Å². The van der Waals surface area contributed by atoms with Crippen molar-refractivity contribution in [3.05, 3.63) is 69.8 Å². The topological polar surface area (TPSA) is 98.3 Å². The molecule has 0 heterocycles. The van der Waals surface area contributed by atoms with Crippen LogP contribution in [0, 0.1) is 17.0 Å². The van der Waals surface area contributed by atoms with Gasteiger partial charge in [-0.05, 0) is 18.6 Å². The van der Waals surface area contributed by atoms with Gasteiger partial charge in [-0.3, -0.25) is 14.9 Å².